The molecular weight excluding hydrogens is 190 g/mol. The molecule has 1 aliphatic heterocycles. The van der Waals surface area contributed by atoms with Gasteiger partial charge < -0.3 is 10.0 Å². The highest BCUT2D eigenvalue weighted by Gasteiger charge is 2.21. The van der Waals surface area contributed by atoms with Crippen LogP contribution in [0.15, 0.2) is 18.2 Å². The fourth-order valence-electron chi connectivity index (χ4n) is 1.91. The molecule has 0 saturated carbocycles. The van der Waals surface area contributed by atoms with Gasteiger partial charge >= 0.3 is 0 Å². The molecule has 0 radical (unpaired) electrons. The Balaban J connectivity index is 2.27. The fraction of sp³-hybridized carbons (Fsp3) is 0.417. The van der Waals surface area contributed by atoms with Gasteiger partial charge in [0.1, 0.15) is 5.75 Å². The predicted molar refractivity (Wildman–Crippen MR) is 58.0 cm³/mol. The SMILES string of the molecule is Cc1ccc(O)c(C(=O)N2CCCC2)c1. The predicted octanol–water partition coefficient (Wildman–Crippen LogP) is 1.94. The van der Waals surface area contributed by atoms with Gasteiger partial charge in [-0.25, -0.2) is 0 Å². The van der Waals surface area contributed by atoms with Crippen LogP contribution in [0.5, 0.6) is 5.75 Å². The molecule has 1 N–H and O–H groups in total. The van der Waals surface area contributed by atoms with E-state index >= 15 is 0 Å². The maximum atomic E-state index is 12.0. The molecule has 1 heterocycles. The second-order valence-corrected chi connectivity index (χ2v) is 4.02. The Morgan fingerprint density at radius 3 is 2.67 bits per heavy atom. The lowest BCUT2D eigenvalue weighted by atomic mass is 10.1. The quantitative estimate of drug-likeness (QED) is 0.761. The number of nitrogens with zero attached hydrogens (tertiary/aromatic N) is 1. The van der Waals surface area contributed by atoms with Gasteiger partial charge in [0.25, 0.3) is 5.91 Å². The Bertz CT molecular complexity index is 381. The van der Waals surface area contributed by atoms with E-state index in [1.807, 2.05) is 6.92 Å². The zero-order valence-corrected chi connectivity index (χ0v) is 8.86. The average Bonchev–Trinajstić information content (AvgIpc) is 2.74. The van der Waals surface area contributed by atoms with E-state index in [9.17, 15) is 9.90 Å². The molecule has 1 saturated heterocycles. The van der Waals surface area contributed by atoms with Crippen LogP contribution in [0.1, 0.15) is 28.8 Å². The van der Waals surface area contributed by atoms with Crippen molar-refractivity contribution in [3.05, 3.63) is 29.3 Å². The highest BCUT2D eigenvalue weighted by atomic mass is 16.3. The van der Waals surface area contributed by atoms with Crippen LogP contribution in [-0.2, 0) is 0 Å². The Morgan fingerprint density at radius 1 is 1.33 bits per heavy atom. The van der Waals surface area contributed by atoms with Crippen molar-refractivity contribution in [1.82, 2.24) is 4.90 Å². The van der Waals surface area contributed by atoms with Crippen LogP contribution in [-0.4, -0.2) is 29.0 Å². The lowest BCUT2D eigenvalue weighted by Gasteiger charge is -2.16. The van der Waals surface area contributed by atoms with Gasteiger partial charge in [-0.1, -0.05) is 11.6 Å². The molecule has 1 amide bonds. The van der Waals surface area contributed by atoms with Gasteiger partial charge in [-0.15, -0.1) is 0 Å². The third-order valence-corrected chi connectivity index (χ3v) is 2.78. The van der Waals surface area contributed by atoms with E-state index in [0.29, 0.717) is 5.56 Å². The number of aromatic hydroxyl groups is 1. The van der Waals surface area contributed by atoms with Crippen molar-refractivity contribution in [1.29, 1.82) is 0 Å². The van der Waals surface area contributed by atoms with Gasteiger partial charge in [-0.2, -0.15) is 0 Å². The first kappa shape index (κ1) is 10.0. The lowest BCUT2D eigenvalue weighted by molar-refractivity contribution is 0.0789. The van der Waals surface area contributed by atoms with Crippen molar-refractivity contribution in [2.45, 2.75) is 19.8 Å². The maximum absolute atomic E-state index is 12.0. The van der Waals surface area contributed by atoms with E-state index in [1.54, 1.807) is 23.1 Å². The van der Waals surface area contributed by atoms with Crippen LogP contribution in [0.3, 0.4) is 0 Å². The molecule has 0 aliphatic carbocycles. The minimum Gasteiger partial charge on any atom is -0.507 e. The molecule has 0 spiro atoms. The summed E-state index contributed by atoms with van der Waals surface area (Å²) < 4.78 is 0. The van der Waals surface area contributed by atoms with E-state index in [0.717, 1.165) is 31.5 Å². The van der Waals surface area contributed by atoms with Crippen molar-refractivity contribution in [2.75, 3.05) is 13.1 Å². The van der Waals surface area contributed by atoms with Crippen LogP contribution in [0.2, 0.25) is 0 Å². The fourth-order valence-corrected chi connectivity index (χ4v) is 1.91. The van der Waals surface area contributed by atoms with Crippen molar-refractivity contribution in [3.63, 3.8) is 0 Å². The Hall–Kier alpha value is -1.51. The summed E-state index contributed by atoms with van der Waals surface area (Å²) in [7, 11) is 0. The molecule has 1 aliphatic rings. The molecule has 3 nitrogen and oxygen atoms in total. The van der Waals surface area contributed by atoms with E-state index in [1.165, 1.54) is 0 Å². The monoisotopic (exact) mass is 205 g/mol. The Labute approximate surface area is 89.3 Å². The summed E-state index contributed by atoms with van der Waals surface area (Å²) in [6.45, 7) is 3.54. The highest BCUT2D eigenvalue weighted by Crippen LogP contribution is 2.21. The first-order valence-electron chi connectivity index (χ1n) is 5.27. The van der Waals surface area contributed by atoms with E-state index in [2.05, 4.69) is 0 Å². The molecule has 1 fully saturated rings. The van der Waals surface area contributed by atoms with Gasteiger partial charge in [0, 0.05) is 13.1 Å². The molecule has 1 aromatic rings. The van der Waals surface area contributed by atoms with Gasteiger partial charge in [0.05, 0.1) is 5.56 Å². The molecule has 2 rings (SSSR count). The van der Waals surface area contributed by atoms with Crippen molar-refractivity contribution in [3.8, 4) is 5.75 Å². The van der Waals surface area contributed by atoms with Crippen LogP contribution >= 0.6 is 0 Å². The largest absolute Gasteiger partial charge is 0.507 e. The second-order valence-electron chi connectivity index (χ2n) is 4.02. The van der Waals surface area contributed by atoms with Gasteiger partial charge in [-0.05, 0) is 31.9 Å². The average molecular weight is 205 g/mol. The number of phenolic OH excluding ortho intramolecular Hbond substituents is 1. The first-order valence-corrected chi connectivity index (χ1v) is 5.27. The summed E-state index contributed by atoms with van der Waals surface area (Å²) in [4.78, 5) is 13.8. The summed E-state index contributed by atoms with van der Waals surface area (Å²) in [5.41, 5.74) is 1.42. The number of amides is 1. The number of rotatable bonds is 1. The molecule has 1 aromatic carbocycles. The van der Waals surface area contributed by atoms with Crippen molar-refractivity contribution < 1.29 is 9.90 Å². The zero-order valence-electron chi connectivity index (χ0n) is 8.86. The number of hydrogen-bond acceptors (Lipinski definition) is 2. The molecule has 3 heteroatoms. The van der Waals surface area contributed by atoms with Crippen LogP contribution in [0, 0.1) is 6.92 Å². The molecule has 0 unspecified atom stereocenters. The normalized spacial score (nSPS) is 15.7. The number of likely N-dealkylation sites (tertiary alicyclic amines) is 1. The van der Waals surface area contributed by atoms with E-state index in [4.69, 9.17) is 0 Å². The maximum Gasteiger partial charge on any atom is 0.257 e. The lowest BCUT2D eigenvalue weighted by Crippen LogP contribution is -2.27. The highest BCUT2D eigenvalue weighted by molar-refractivity contribution is 5.97. The Kier molecular flexibility index (Phi) is 2.62. The van der Waals surface area contributed by atoms with Gasteiger partial charge in [0.15, 0.2) is 0 Å². The number of benzene rings is 1. The number of hydrogen-bond donors (Lipinski definition) is 1. The summed E-state index contributed by atoms with van der Waals surface area (Å²) in [5.74, 6) is 0.0335. The first-order chi connectivity index (χ1) is 7.18. The molecule has 0 aromatic heterocycles. The smallest absolute Gasteiger partial charge is 0.257 e. The summed E-state index contributed by atoms with van der Waals surface area (Å²) >= 11 is 0. The number of aryl methyl sites for hydroxylation is 1. The van der Waals surface area contributed by atoms with Gasteiger partial charge in [0.2, 0.25) is 0 Å². The minimum atomic E-state index is -0.0475. The van der Waals surface area contributed by atoms with Crippen LogP contribution < -0.4 is 0 Å². The number of carbonyl (C=O) groups excluding carboxylic acids is 1. The Morgan fingerprint density at radius 2 is 2.00 bits per heavy atom. The molecule has 0 atom stereocenters. The summed E-state index contributed by atoms with van der Waals surface area (Å²) in [5, 5.41) is 9.62. The second kappa shape index (κ2) is 3.93. The number of carbonyl (C=O) groups is 1. The van der Waals surface area contributed by atoms with Crippen LogP contribution in [0.25, 0.3) is 0 Å². The zero-order chi connectivity index (χ0) is 10.8. The molecule has 15 heavy (non-hydrogen) atoms. The van der Waals surface area contributed by atoms with E-state index < -0.39 is 0 Å². The third-order valence-electron chi connectivity index (χ3n) is 2.78. The van der Waals surface area contributed by atoms with Crippen molar-refractivity contribution in [2.24, 2.45) is 0 Å². The standard InChI is InChI=1S/C12H15NO2/c1-9-4-5-11(14)10(8-9)12(15)13-6-2-3-7-13/h4-5,8,14H,2-3,6-7H2,1H3. The molecule has 80 valence electrons. The van der Waals surface area contributed by atoms with E-state index in [-0.39, 0.29) is 11.7 Å². The van der Waals surface area contributed by atoms with Gasteiger partial charge in [-0.3, -0.25) is 4.79 Å². The topological polar surface area (TPSA) is 40.5 Å². The third kappa shape index (κ3) is 1.96. The summed E-state index contributed by atoms with van der Waals surface area (Å²) in [6, 6.07) is 5.13. The molecule has 0 bridgehead atoms. The van der Waals surface area contributed by atoms with Crippen LogP contribution in [0.4, 0.5) is 0 Å². The molecular formula is C12H15NO2. The number of phenols is 1. The summed E-state index contributed by atoms with van der Waals surface area (Å²) in [6.07, 6.45) is 2.14. The van der Waals surface area contributed by atoms with Crippen molar-refractivity contribution >= 4 is 5.91 Å². The minimum absolute atomic E-state index is 0.0475.